The van der Waals surface area contributed by atoms with Gasteiger partial charge in [0.2, 0.25) is 12.7 Å². The quantitative estimate of drug-likeness (QED) is 0.294. The molecule has 2 aromatic carbocycles. The molecule has 172 valence electrons. The monoisotopic (exact) mass is 482 g/mol. The molecule has 4 rings (SSSR count). The number of amides is 2. The van der Waals surface area contributed by atoms with Crippen LogP contribution in [0.15, 0.2) is 47.4 Å². The Morgan fingerprint density at radius 3 is 2.82 bits per heavy atom. The van der Waals surface area contributed by atoms with Crippen LogP contribution in [0.3, 0.4) is 0 Å². The molecule has 8 heteroatoms. The Hall–Kier alpha value is -2.84. The van der Waals surface area contributed by atoms with Crippen LogP contribution in [0.2, 0.25) is 0 Å². The van der Waals surface area contributed by atoms with Gasteiger partial charge in [0.1, 0.15) is 4.32 Å². The van der Waals surface area contributed by atoms with E-state index in [1.54, 1.807) is 4.90 Å². The number of nitrogens with one attached hydrogen (secondary N) is 1. The number of thiocarbonyl (C=S) groups is 1. The van der Waals surface area contributed by atoms with E-state index < -0.39 is 0 Å². The number of ether oxygens (including phenoxy) is 2. The summed E-state index contributed by atoms with van der Waals surface area (Å²) in [5.74, 6) is 1.34. The van der Waals surface area contributed by atoms with Crippen molar-refractivity contribution >= 4 is 51.9 Å². The summed E-state index contributed by atoms with van der Waals surface area (Å²) >= 11 is 6.74. The number of nitrogens with zero attached hydrogens (tertiary/aromatic N) is 1. The smallest absolute Gasteiger partial charge is 0.266 e. The molecular formula is C25H26N2O4S2. The van der Waals surface area contributed by atoms with Crippen molar-refractivity contribution in [2.45, 2.75) is 39.0 Å². The number of carbonyl (C=O) groups excluding carboxylic acids is 2. The third-order valence-electron chi connectivity index (χ3n) is 5.53. The minimum atomic E-state index is -0.0726. The second-order valence-corrected chi connectivity index (χ2v) is 9.49. The van der Waals surface area contributed by atoms with Crippen LogP contribution in [0.25, 0.3) is 6.08 Å². The molecule has 0 spiro atoms. The zero-order valence-corrected chi connectivity index (χ0v) is 20.1. The maximum atomic E-state index is 12.8. The third-order valence-corrected chi connectivity index (χ3v) is 6.90. The lowest BCUT2D eigenvalue weighted by Crippen LogP contribution is -2.29. The van der Waals surface area contributed by atoms with E-state index in [1.165, 1.54) is 11.8 Å². The van der Waals surface area contributed by atoms with E-state index in [1.807, 2.05) is 48.5 Å². The molecule has 2 amide bonds. The van der Waals surface area contributed by atoms with Gasteiger partial charge < -0.3 is 14.8 Å². The van der Waals surface area contributed by atoms with Gasteiger partial charge in [-0.2, -0.15) is 0 Å². The van der Waals surface area contributed by atoms with Crippen LogP contribution in [0.1, 0.15) is 43.7 Å². The Kier molecular flexibility index (Phi) is 7.67. The summed E-state index contributed by atoms with van der Waals surface area (Å²) in [6, 6.07) is 13.5. The maximum absolute atomic E-state index is 12.8. The SMILES string of the molecule is CCc1ccccc1NC(=O)CCCCCN1C(=O)/C(=C/c2ccc3c(c2)OCO3)SC1=S. The van der Waals surface area contributed by atoms with Crippen LogP contribution in [-0.2, 0) is 16.0 Å². The molecule has 1 N–H and O–H groups in total. The zero-order valence-electron chi connectivity index (χ0n) is 18.5. The van der Waals surface area contributed by atoms with Gasteiger partial charge >= 0.3 is 0 Å². The average molecular weight is 483 g/mol. The molecule has 33 heavy (non-hydrogen) atoms. The highest BCUT2D eigenvalue weighted by Crippen LogP contribution is 2.36. The number of unbranched alkanes of at least 4 members (excludes halogenated alkanes) is 2. The summed E-state index contributed by atoms with van der Waals surface area (Å²) < 4.78 is 11.3. The molecule has 0 saturated carbocycles. The summed E-state index contributed by atoms with van der Waals surface area (Å²) in [4.78, 5) is 27.3. The fourth-order valence-electron chi connectivity index (χ4n) is 3.74. The van der Waals surface area contributed by atoms with Gasteiger partial charge in [0.25, 0.3) is 5.91 Å². The molecule has 2 aliphatic heterocycles. The van der Waals surface area contributed by atoms with E-state index in [-0.39, 0.29) is 18.6 Å². The zero-order chi connectivity index (χ0) is 23.2. The van der Waals surface area contributed by atoms with Crippen molar-refractivity contribution in [2.75, 3.05) is 18.7 Å². The maximum Gasteiger partial charge on any atom is 0.266 e. The van der Waals surface area contributed by atoms with Crippen molar-refractivity contribution < 1.29 is 19.1 Å². The van der Waals surface area contributed by atoms with Crippen molar-refractivity contribution in [2.24, 2.45) is 0 Å². The number of para-hydroxylation sites is 1. The molecule has 2 heterocycles. The van der Waals surface area contributed by atoms with Gasteiger partial charge in [0, 0.05) is 18.7 Å². The second kappa shape index (κ2) is 10.9. The minimum Gasteiger partial charge on any atom is -0.454 e. The Balaban J connectivity index is 1.22. The fraction of sp³-hybridized carbons (Fsp3) is 0.320. The Labute approximate surface area is 203 Å². The molecule has 1 fully saturated rings. The van der Waals surface area contributed by atoms with Crippen LogP contribution in [0, 0.1) is 0 Å². The molecule has 6 nitrogen and oxygen atoms in total. The summed E-state index contributed by atoms with van der Waals surface area (Å²) in [5.41, 5.74) is 2.89. The Morgan fingerprint density at radius 2 is 1.97 bits per heavy atom. The number of benzene rings is 2. The first-order chi connectivity index (χ1) is 16.0. The van der Waals surface area contributed by atoms with Gasteiger partial charge in [-0.3, -0.25) is 14.5 Å². The highest BCUT2D eigenvalue weighted by molar-refractivity contribution is 8.26. The first-order valence-corrected chi connectivity index (χ1v) is 12.3. The van der Waals surface area contributed by atoms with Gasteiger partial charge in [-0.25, -0.2) is 0 Å². The Morgan fingerprint density at radius 1 is 1.15 bits per heavy atom. The standard InChI is InChI=1S/C25H26N2O4S2/c1-2-18-8-5-6-9-19(18)26-23(28)10-4-3-7-13-27-24(29)22(33-25(27)32)15-17-11-12-20-21(14-17)31-16-30-20/h5-6,8-9,11-12,14-15H,2-4,7,10,13,16H2,1H3,(H,26,28)/b22-15-. The van der Waals surface area contributed by atoms with E-state index in [0.29, 0.717) is 33.7 Å². The molecule has 2 aromatic rings. The number of aryl methyl sites for hydroxylation is 1. The molecule has 0 bridgehead atoms. The molecule has 0 unspecified atom stereocenters. The van der Waals surface area contributed by atoms with Crippen molar-refractivity contribution in [3.05, 3.63) is 58.5 Å². The van der Waals surface area contributed by atoms with Crippen molar-refractivity contribution in [1.29, 1.82) is 0 Å². The van der Waals surface area contributed by atoms with Crippen LogP contribution in [-0.4, -0.2) is 34.4 Å². The normalized spacial score (nSPS) is 16.0. The summed E-state index contributed by atoms with van der Waals surface area (Å²) in [7, 11) is 0. The average Bonchev–Trinajstić information content (AvgIpc) is 3.38. The van der Waals surface area contributed by atoms with Gasteiger partial charge in [0.05, 0.1) is 4.91 Å². The molecule has 0 atom stereocenters. The van der Waals surface area contributed by atoms with E-state index in [0.717, 1.165) is 42.5 Å². The minimum absolute atomic E-state index is 0.0215. The number of hydrogen-bond donors (Lipinski definition) is 1. The Bertz CT molecular complexity index is 1100. The molecule has 0 aliphatic carbocycles. The fourth-order valence-corrected chi connectivity index (χ4v) is 5.05. The number of carbonyl (C=O) groups is 2. The van der Waals surface area contributed by atoms with E-state index in [9.17, 15) is 9.59 Å². The van der Waals surface area contributed by atoms with Gasteiger partial charge in [-0.05, 0) is 54.7 Å². The molecule has 1 saturated heterocycles. The van der Waals surface area contributed by atoms with Crippen molar-refractivity contribution in [3.8, 4) is 11.5 Å². The topological polar surface area (TPSA) is 67.9 Å². The number of thioether (sulfide) groups is 1. The van der Waals surface area contributed by atoms with Gasteiger partial charge in [0.15, 0.2) is 11.5 Å². The number of fused-ring (bicyclic) bond motifs is 1. The first kappa shape index (κ1) is 23.3. The number of hydrogen-bond acceptors (Lipinski definition) is 6. The largest absolute Gasteiger partial charge is 0.454 e. The number of rotatable bonds is 9. The van der Waals surface area contributed by atoms with Gasteiger partial charge in [-0.1, -0.05) is 61.6 Å². The predicted octanol–water partition coefficient (Wildman–Crippen LogP) is 5.38. The molecule has 0 radical (unpaired) electrons. The van der Waals surface area contributed by atoms with Crippen LogP contribution >= 0.6 is 24.0 Å². The van der Waals surface area contributed by atoms with Crippen molar-refractivity contribution in [1.82, 2.24) is 4.90 Å². The lowest BCUT2D eigenvalue weighted by Gasteiger charge is -2.14. The van der Waals surface area contributed by atoms with Crippen LogP contribution in [0.5, 0.6) is 11.5 Å². The second-order valence-electron chi connectivity index (χ2n) is 7.82. The predicted molar refractivity (Wildman–Crippen MR) is 135 cm³/mol. The molecule has 0 aromatic heterocycles. The van der Waals surface area contributed by atoms with E-state index in [2.05, 4.69) is 12.2 Å². The van der Waals surface area contributed by atoms with Gasteiger partial charge in [-0.15, -0.1) is 0 Å². The first-order valence-electron chi connectivity index (χ1n) is 11.1. The van der Waals surface area contributed by atoms with Crippen LogP contribution in [0.4, 0.5) is 5.69 Å². The highest BCUT2D eigenvalue weighted by atomic mass is 32.2. The van der Waals surface area contributed by atoms with Crippen LogP contribution < -0.4 is 14.8 Å². The molecular weight excluding hydrogens is 456 g/mol. The summed E-state index contributed by atoms with van der Waals surface area (Å²) in [6.45, 7) is 2.85. The molecule has 2 aliphatic rings. The lowest BCUT2D eigenvalue weighted by atomic mass is 10.1. The summed E-state index contributed by atoms with van der Waals surface area (Å²) in [6.07, 6.45) is 5.58. The van der Waals surface area contributed by atoms with Crippen molar-refractivity contribution in [3.63, 3.8) is 0 Å². The van der Waals surface area contributed by atoms with E-state index >= 15 is 0 Å². The third kappa shape index (κ3) is 5.75. The lowest BCUT2D eigenvalue weighted by molar-refractivity contribution is -0.122. The highest BCUT2D eigenvalue weighted by Gasteiger charge is 2.31. The number of anilines is 1. The summed E-state index contributed by atoms with van der Waals surface area (Å²) in [5, 5.41) is 3.00. The van der Waals surface area contributed by atoms with E-state index in [4.69, 9.17) is 21.7 Å².